The lowest BCUT2D eigenvalue weighted by Gasteiger charge is -2.31. The molecule has 0 radical (unpaired) electrons. The summed E-state index contributed by atoms with van der Waals surface area (Å²) in [5.74, 6) is -3.28. The highest BCUT2D eigenvalue weighted by atomic mass is 35.5. The maximum atomic E-state index is 13.7. The van der Waals surface area contributed by atoms with Gasteiger partial charge in [-0.15, -0.1) is 0 Å². The third-order valence-corrected chi connectivity index (χ3v) is 7.47. The van der Waals surface area contributed by atoms with E-state index in [-0.39, 0.29) is 35.8 Å². The average molecular weight is 470 g/mol. The molecule has 4 N–H and O–H groups in total. The molecule has 2 saturated heterocycles. The van der Waals surface area contributed by atoms with Crippen molar-refractivity contribution in [2.24, 2.45) is 11.8 Å². The van der Waals surface area contributed by atoms with Crippen LogP contribution in [0.3, 0.4) is 0 Å². The largest absolute Gasteiger partial charge is 0.504 e. The van der Waals surface area contributed by atoms with E-state index in [0.29, 0.717) is 28.3 Å². The molecular formula is C24H24ClN3O5. The molecule has 0 bridgehead atoms. The number of hydrogen-bond donors (Lipinski definition) is 4. The van der Waals surface area contributed by atoms with Crippen LogP contribution < -0.4 is 10.6 Å². The Hall–Kier alpha value is -3.10. The van der Waals surface area contributed by atoms with E-state index in [0.717, 1.165) is 0 Å². The van der Waals surface area contributed by atoms with Gasteiger partial charge in [0, 0.05) is 28.4 Å². The molecule has 2 fully saturated rings. The number of carbonyl (C=O) groups is 3. The highest BCUT2D eigenvalue weighted by Gasteiger charge is 2.70. The quantitative estimate of drug-likeness (QED) is 0.403. The molecule has 3 heterocycles. The van der Waals surface area contributed by atoms with Gasteiger partial charge in [0.2, 0.25) is 17.7 Å². The van der Waals surface area contributed by atoms with Crippen molar-refractivity contribution in [3.8, 4) is 11.5 Å². The lowest BCUT2D eigenvalue weighted by atomic mass is 9.76. The summed E-state index contributed by atoms with van der Waals surface area (Å²) in [5.41, 5.74) is 0.341. The first-order chi connectivity index (χ1) is 15.7. The Labute approximate surface area is 195 Å². The summed E-state index contributed by atoms with van der Waals surface area (Å²) in [7, 11) is 0. The van der Waals surface area contributed by atoms with Crippen LogP contribution in [-0.2, 0) is 26.3 Å². The van der Waals surface area contributed by atoms with Gasteiger partial charge in [0.1, 0.15) is 5.54 Å². The summed E-state index contributed by atoms with van der Waals surface area (Å²) in [5, 5.41) is 26.2. The van der Waals surface area contributed by atoms with Crippen molar-refractivity contribution >= 4 is 35.0 Å². The molecule has 1 spiro atoms. The van der Waals surface area contributed by atoms with Crippen LogP contribution in [0.2, 0.25) is 5.02 Å². The molecular weight excluding hydrogens is 446 g/mol. The number of phenolic OH excluding ortho intramolecular Hbond substituents is 2. The fourth-order valence-electron chi connectivity index (χ4n) is 5.54. The zero-order chi connectivity index (χ0) is 23.7. The smallest absolute Gasteiger partial charge is 0.250 e. The third kappa shape index (κ3) is 2.97. The maximum absolute atomic E-state index is 13.7. The van der Waals surface area contributed by atoms with Crippen LogP contribution in [0.4, 0.5) is 5.69 Å². The van der Waals surface area contributed by atoms with E-state index >= 15 is 0 Å². The van der Waals surface area contributed by atoms with Crippen molar-refractivity contribution in [3.05, 3.63) is 52.5 Å². The molecule has 8 nitrogen and oxygen atoms in total. The number of nitrogens with one attached hydrogen (secondary N) is 2. The summed E-state index contributed by atoms with van der Waals surface area (Å²) in [6.45, 7) is 3.73. The number of likely N-dealkylation sites (tertiary alicyclic amines) is 1. The first-order valence-corrected chi connectivity index (χ1v) is 11.3. The molecule has 3 amide bonds. The van der Waals surface area contributed by atoms with Crippen LogP contribution in [0.25, 0.3) is 0 Å². The van der Waals surface area contributed by atoms with Gasteiger partial charge in [0.25, 0.3) is 0 Å². The third-order valence-electron chi connectivity index (χ3n) is 7.24. The first kappa shape index (κ1) is 21.7. The number of anilines is 1. The van der Waals surface area contributed by atoms with Gasteiger partial charge in [0.05, 0.1) is 11.8 Å². The first-order valence-electron chi connectivity index (χ1n) is 11.0. The van der Waals surface area contributed by atoms with Gasteiger partial charge in [-0.05, 0) is 55.7 Å². The van der Waals surface area contributed by atoms with E-state index in [9.17, 15) is 24.6 Å². The SMILES string of the molecule is CC[C@H](C)N1C(=O)[C@@H]2[C@H](Cc3ccc(O)c(O)c3)N[C@@]3(C(=O)Nc4ccc(Cl)cc43)[C@@H]2C1=O. The molecule has 0 aromatic heterocycles. The molecule has 0 aliphatic carbocycles. The number of benzene rings is 2. The van der Waals surface area contributed by atoms with E-state index in [1.807, 2.05) is 13.8 Å². The Morgan fingerprint density at radius 1 is 1.09 bits per heavy atom. The lowest BCUT2D eigenvalue weighted by Crippen LogP contribution is -2.54. The second-order valence-corrected chi connectivity index (χ2v) is 9.47. The predicted octanol–water partition coefficient (Wildman–Crippen LogP) is 2.51. The number of rotatable bonds is 4. The lowest BCUT2D eigenvalue weighted by molar-refractivity contribution is -0.145. The number of imide groups is 1. The number of hydrogen-bond acceptors (Lipinski definition) is 6. The van der Waals surface area contributed by atoms with Crippen LogP contribution in [-0.4, -0.2) is 44.9 Å². The normalized spacial score (nSPS) is 28.9. The Balaban J connectivity index is 1.64. The van der Waals surface area contributed by atoms with Gasteiger partial charge in [-0.25, -0.2) is 0 Å². The summed E-state index contributed by atoms with van der Waals surface area (Å²) in [6.07, 6.45) is 0.871. The topological polar surface area (TPSA) is 119 Å². The Bertz CT molecular complexity index is 1200. The predicted molar refractivity (Wildman–Crippen MR) is 121 cm³/mol. The highest BCUT2D eigenvalue weighted by Crippen LogP contribution is 2.54. The van der Waals surface area contributed by atoms with Crippen molar-refractivity contribution in [2.75, 3.05) is 5.32 Å². The summed E-state index contributed by atoms with van der Waals surface area (Å²) < 4.78 is 0. The van der Waals surface area contributed by atoms with Crippen LogP contribution in [0, 0.1) is 11.8 Å². The zero-order valence-corrected chi connectivity index (χ0v) is 18.9. The minimum atomic E-state index is -1.43. The molecule has 172 valence electrons. The molecule has 0 saturated carbocycles. The number of halogens is 1. The van der Waals surface area contributed by atoms with Crippen molar-refractivity contribution in [1.82, 2.24) is 10.2 Å². The molecule has 3 aliphatic rings. The zero-order valence-electron chi connectivity index (χ0n) is 18.1. The number of phenols is 2. The van der Waals surface area contributed by atoms with Crippen molar-refractivity contribution < 1.29 is 24.6 Å². The Kier molecular flexibility index (Phi) is 4.91. The fourth-order valence-corrected chi connectivity index (χ4v) is 5.71. The van der Waals surface area contributed by atoms with Gasteiger partial charge in [0.15, 0.2) is 11.5 Å². The maximum Gasteiger partial charge on any atom is 0.250 e. The van der Waals surface area contributed by atoms with E-state index in [2.05, 4.69) is 10.6 Å². The van der Waals surface area contributed by atoms with Crippen LogP contribution >= 0.6 is 11.6 Å². The van der Waals surface area contributed by atoms with E-state index in [4.69, 9.17) is 11.6 Å². The van der Waals surface area contributed by atoms with Crippen molar-refractivity contribution in [2.45, 2.75) is 44.3 Å². The van der Waals surface area contributed by atoms with E-state index in [1.165, 1.54) is 17.0 Å². The Morgan fingerprint density at radius 3 is 2.55 bits per heavy atom. The fraction of sp³-hybridized carbons (Fsp3) is 0.375. The molecule has 9 heteroatoms. The standard InChI is InChI=1S/C24H24ClN3O5/c1-3-11(2)28-21(31)19-16(8-12-4-7-17(29)18(30)9-12)27-24(20(19)22(28)32)14-10-13(25)5-6-15(14)26-23(24)33/h4-7,9-11,16,19-20,27,29-30H,3,8H2,1-2H3,(H,26,33)/t11-,16-,19+,20-,24+/m0/s1. The molecule has 0 unspecified atom stereocenters. The number of aromatic hydroxyl groups is 2. The summed E-state index contributed by atoms with van der Waals surface area (Å²) in [6, 6.07) is 8.60. The monoisotopic (exact) mass is 469 g/mol. The number of amides is 3. The minimum absolute atomic E-state index is 0.249. The van der Waals surface area contributed by atoms with E-state index in [1.54, 1.807) is 24.3 Å². The second-order valence-electron chi connectivity index (χ2n) is 9.04. The van der Waals surface area contributed by atoms with Crippen LogP contribution in [0.15, 0.2) is 36.4 Å². The number of fused-ring (bicyclic) bond motifs is 4. The van der Waals surface area contributed by atoms with E-state index < -0.39 is 29.3 Å². The second kappa shape index (κ2) is 7.46. The molecule has 2 aromatic carbocycles. The van der Waals surface area contributed by atoms with Gasteiger partial charge in [-0.1, -0.05) is 24.6 Å². The van der Waals surface area contributed by atoms with Gasteiger partial charge >= 0.3 is 0 Å². The Morgan fingerprint density at radius 2 is 1.85 bits per heavy atom. The average Bonchev–Trinajstić information content (AvgIpc) is 3.35. The summed E-state index contributed by atoms with van der Waals surface area (Å²) in [4.78, 5) is 42.0. The molecule has 3 aliphatic heterocycles. The van der Waals surface area contributed by atoms with Gasteiger partial charge in [-0.2, -0.15) is 0 Å². The number of carbonyl (C=O) groups excluding carboxylic acids is 3. The minimum Gasteiger partial charge on any atom is -0.504 e. The van der Waals surface area contributed by atoms with Gasteiger partial charge < -0.3 is 15.5 Å². The van der Waals surface area contributed by atoms with Crippen LogP contribution in [0.5, 0.6) is 11.5 Å². The molecule has 5 atom stereocenters. The molecule has 5 rings (SSSR count). The molecule has 2 aromatic rings. The van der Waals surface area contributed by atoms with Crippen molar-refractivity contribution in [1.29, 1.82) is 0 Å². The summed E-state index contributed by atoms with van der Waals surface area (Å²) >= 11 is 6.26. The highest BCUT2D eigenvalue weighted by molar-refractivity contribution is 6.31. The number of nitrogens with zero attached hydrogens (tertiary/aromatic N) is 1. The van der Waals surface area contributed by atoms with Crippen LogP contribution in [0.1, 0.15) is 31.4 Å². The molecule has 33 heavy (non-hydrogen) atoms. The van der Waals surface area contributed by atoms with Gasteiger partial charge in [-0.3, -0.25) is 24.6 Å². The van der Waals surface area contributed by atoms with Crippen molar-refractivity contribution in [3.63, 3.8) is 0 Å².